The number of anilines is 1. The van der Waals surface area contributed by atoms with Crippen LogP contribution in [0.25, 0.3) is 6.08 Å². The third kappa shape index (κ3) is 4.80. The maximum absolute atomic E-state index is 13.8. The van der Waals surface area contributed by atoms with Crippen molar-refractivity contribution in [1.29, 1.82) is 5.26 Å². The number of carbonyl (C=O) groups is 1. The van der Waals surface area contributed by atoms with Gasteiger partial charge in [0.2, 0.25) is 0 Å². The molecule has 0 unspecified atom stereocenters. The molecule has 0 atom stereocenters. The van der Waals surface area contributed by atoms with Crippen molar-refractivity contribution in [3.05, 3.63) is 67.9 Å². The SMILES string of the molecule is N#C/C(=C\c1ccc(Br)cc1F)C(=O)Nc1cc(Cl)cc(Cl)c1. The third-order valence-electron chi connectivity index (χ3n) is 2.75. The number of hydrogen-bond acceptors (Lipinski definition) is 2. The van der Waals surface area contributed by atoms with Crippen LogP contribution in [0.5, 0.6) is 0 Å². The van der Waals surface area contributed by atoms with Crippen LogP contribution >= 0.6 is 39.1 Å². The molecule has 0 aliphatic heterocycles. The third-order valence-corrected chi connectivity index (χ3v) is 3.68. The highest BCUT2D eigenvalue weighted by Gasteiger charge is 2.12. The molecule has 7 heteroatoms. The van der Waals surface area contributed by atoms with Crippen LogP contribution < -0.4 is 5.32 Å². The van der Waals surface area contributed by atoms with Crippen molar-refractivity contribution < 1.29 is 9.18 Å². The number of halogens is 4. The van der Waals surface area contributed by atoms with E-state index in [4.69, 9.17) is 28.5 Å². The number of rotatable bonds is 3. The molecule has 0 bridgehead atoms. The van der Waals surface area contributed by atoms with Crippen molar-refractivity contribution in [2.45, 2.75) is 0 Å². The molecule has 0 spiro atoms. The number of amides is 1. The molecule has 23 heavy (non-hydrogen) atoms. The number of nitrogens with zero attached hydrogens (tertiary/aromatic N) is 1. The zero-order chi connectivity index (χ0) is 17.0. The fourth-order valence-corrected chi connectivity index (χ4v) is 2.61. The van der Waals surface area contributed by atoms with E-state index in [1.54, 1.807) is 12.1 Å². The highest BCUT2D eigenvalue weighted by atomic mass is 79.9. The Bertz CT molecular complexity index is 826. The van der Waals surface area contributed by atoms with Crippen LogP contribution in [0.15, 0.2) is 46.4 Å². The largest absolute Gasteiger partial charge is 0.321 e. The summed E-state index contributed by atoms with van der Waals surface area (Å²) < 4.78 is 14.4. The number of carbonyl (C=O) groups excluding carboxylic acids is 1. The summed E-state index contributed by atoms with van der Waals surface area (Å²) in [5.41, 5.74) is 0.219. The minimum Gasteiger partial charge on any atom is -0.321 e. The Morgan fingerprint density at radius 2 is 1.87 bits per heavy atom. The predicted molar refractivity (Wildman–Crippen MR) is 92.8 cm³/mol. The number of benzene rings is 2. The van der Waals surface area contributed by atoms with E-state index in [0.29, 0.717) is 20.2 Å². The van der Waals surface area contributed by atoms with E-state index in [0.717, 1.165) is 0 Å². The first-order valence-corrected chi connectivity index (χ1v) is 7.78. The second-order valence-corrected chi connectivity index (χ2v) is 6.24. The maximum atomic E-state index is 13.8. The van der Waals surface area contributed by atoms with Crippen molar-refractivity contribution >= 4 is 56.8 Å². The maximum Gasteiger partial charge on any atom is 0.266 e. The van der Waals surface area contributed by atoms with Crippen molar-refractivity contribution in [1.82, 2.24) is 0 Å². The number of hydrogen-bond donors (Lipinski definition) is 1. The van der Waals surface area contributed by atoms with Crippen LogP contribution in [0.1, 0.15) is 5.56 Å². The average Bonchev–Trinajstić information content (AvgIpc) is 2.45. The molecular formula is C16H8BrCl2FN2O. The summed E-state index contributed by atoms with van der Waals surface area (Å²) in [5.74, 6) is -1.24. The van der Waals surface area contributed by atoms with Crippen LogP contribution in [-0.2, 0) is 4.79 Å². The summed E-state index contributed by atoms with van der Waals surface area (Å²) in [4.78, 5) is 12.1. The zero-order valence-electron chi connectivity index (χ0n) is 11.4. The standard InChI is InChI=1S/C16H8BrCl2FN2O/c17-11-2-1-9(15(20)4-11)3-10(8-21)16(23)22-14-6-12(18)5-13(19)7-14/h1-7H,(H,22,23)/b10-3+. The van der Waals surface area contributed by atoms with Gasteiger partial charge in [-0.25, -0.2) is 4.39 Å². The first kappa shape index (κ1) is 17.5. The van der Waals surface area contributed by atoms with Crippen LogP contribution in [0.3, 0.4) is 0 Å². The van der Waals surface area contributed by atoms with Gasteiger partial charge < -0.3 is 5.32 Å². The van der Waals surface area contributed by atoms with Crippen molar-refractivity contribution in [2.24, 2.45) is 0 Å². The van der Waals surface area contributed by atoms with Crippen molar-refractivity contribution in [3.63, 3.8) is 0 Å². The van der Waals surface area contributed by atoms with Gasteiger partial charge in [-0.3, -0.25) is 4.79 Å². The second kappa shape index (κ2) is 7.60. The molecule has 0 aliphatic carbocycles. The summed E-state index contributed by atoms with van der Waals surface area (Å²) in [7, 11) is 0. The second-order valence-electron chi connectivity index (χ2n) is 4.45. The Morgan fingerprint density at radius 1 is 1.22 bits per heavy atom. The number of nitrogens with one attached hydrogen (secondary N) is 1. The molecular weight excluding hydrogens is 406 g/mol. The minimum absolute atomic E-state index is 0.129. The molecule has 116 valence electrons. The molecule has 0 saturated carbocycles. The van der Waals surface area contributed by atoms with Crippen LogP contribution in [0.4, 0.5) is 10.1 Å². The van der Waals surface area contributed by atoms with E-state index in [1.807, 2.05) is 0 Å². The molecule has 0 aliphatic rings. The lowest BCUT2D eigenvalue weighted by molar-refractivity contribution is -0.112. The highest BCUT2D eigenvalue weighted by molar-refractivity contribution is 9.10. The highest BCUT2D eigenvalue weighted by Crippen LogP contribution is 2.23. The van der Waals surface area contributed by atoms with E-state index in [2.05, 4.69) is 21.2 Å². The Labute approximate surface area is 150 Å². The summed E-state index contributed by atoms with van der Waals surface area (Å²) in [6.45, 7) is 0. The van der Waals surface area contributed by atoms with E-state index in [1.165, 1.54) is 36.4 Å². The molecule has 2 aromatic rings. The van der Waals surface area contributed by atoms with Crippen LogP contribution in [0, 0.1) is 17.1 Å². The fraction of sp³-hybridized carbons (Fsp3) is 0. The van der Waals surface area contributed by atoms with E-state index >= 15 is 0 Å². The number of nitriles is 1. The average molecular weight is 414 g/mol. The van der Waals surface area contributed by atoms with E-state index in [9.17, 15) is 9.18 Å². The Hall–Kier alpha value is -1.87. The monoisotopic (exact) mass is 412 g/mol. The Morgan fingerprint density at radius 3 is 2.43 bits per heavy atom. The van der Waals surface area contributed by atoms with Crippen molar-refractivity contribution in [3.8, 4) is 6.07 Å². The van der Waals surface area contributed by atoms with Gasteiger partial charge >= 0.3 is 0 Å². The van der Waals surface area contributed by atoms with Gasteiger partial charge in [0.15, 0.2) is 0 Å². The van der Waals surface area contributed by atoms with Gasteiger partial charge in [-0.2, -0.15) is 5.26 Å². The smallest absolute Gasteiger partial charge is 0.266 e. The lowest BCUT2D eigenvalue weighted by atomic mass is 10.1. The van der Waals surface area contributed by atoms with Crippen molar-refractivity contribution in [2.75, 3.05) is 5.32 Å². The Kier molecular flexibility index (Phi) is 5.78. The van der Waals surface area contributed by atoms with E-state index in [-0.39, 0.29) is 11.1 Å². The molecule has 0 aromatic heterocycles. The fourth-order valence-electron chi connectivity index (χ4n) is 1.75. The van der Waals surface area contributed by atoms with Gasteiger partial charge in [0, 0.05) is 25.8 Å². The lowest BCUT2D eigenvalue weighted by Gasteiger charge is -2.06. The molecule has 2 aromatic carbocycles. The van der Waals surface area contributed by atoms with Gasteiger partial charge in [-0.1, -0.05) is 45.2 Å². The van der Waals surface area contributed by atoms with Gasteiger partial charge in [0.25, 0.3) is 5.91 Å². The molecule has 1 N–H and O–H groups in total. The Balaban J connectivity index is 2.28. The molecule has 1 amide bonds. The lowest BCUT2D eigenvalue weighted by Crippen LogP contribution is -2.13. The van der Waals surface area contributed by atoms with Crippen LogP contribution in [-0.4, -0.2) is 5.91 Å². The predicted octanol–water partition coefficient (Wildman–Crippen LogP) is 5.44. The first-order valence-electron chi connectivity index (χ1n) is 6.23. The quantitative estimate of drug-likeness (QED) is 0.537. The molecule has 0 heterocycles. The summed E-state index contributed by atoms with van der Waals surface area (Å²) in [5, 5.41) is 12.3. The molecule has 2 rings (SSSR count). The van der Waals surface area contributed by atoms with E-state index < -0.39 is 11.7 Å². The first-order chi connectivity index (χ1) is 10.9. The van der Waals surface area contributed by atoms with Gasteiger partial charge in [0.05, 0.1) is 0 Å². The van der Waals surface area contributed by atoms with Crippen LogP contribution in [0.2, 0.25) is 10.0 Å². The zero-order valence-corrected chi connectivity index (χ0v) is 14.5. The molecule has 0 fully saturated rings. The topological polar surface area (TPSA) is 52.9 Å². The van der Waals surface area contributed by atoms with Gasteiger partial charge in [-0.15, -0.1) is 0 Å². The normalized spacial score (nSPS) is 11.0. The van der Waals surface area contributed by atoms with Gasteiger partial charge in [-0.05, 0) is 36.4 Å². The molecule has 3 nitrogen and oxygen atoms in total. The molecule has 0 radical (unpaired) electrons. The van der Waals surface area contributed by atoms with Gasteiger partial charge in [0.1, 0.15) is 17.5 Å². The summed E-state index contributed by atoms with van der Waals surface area (Å²) in [6.07, 6.45) is 1.17. The molecule has 0 saturated heterocycles. The summed E-state index contributed by atoms with van der Waals surface area (Å²) >= 11 is 14.8. The minimum atomic E-state index is -0.687. The summed E-state index contributed by atoms with van der Waals surface area (Å²) in [6, 6.07) is 10.5.